The number of halogens is 5. The molecule has 1 N–H and O–H groups in total. The highest BCUT2D eigenvalue weighted by molar-refractivity contribution is 5.72. The largest absolute Gasteiger partial charge is 0.420 e. The average Bonchev–Trinajstić information content (AvgIpc) is 3.25. The third-order valence-corrected chi connectivity index (χ3v) is 11.6. The predicted octanol–water partition coefficient (Wildman–Crippen LogP) is 7.72. The topological polar surface area (TPSA) is 46.5 Å². The SMILES string of the molecule is C[C@H](CCC(=O)Oc1c(F)c(F)c(F)c(F)c1F)[C@H]1CCC2C3CCC4CC(O)CC[C@]4(C)C3CC[C@@]21C. The summed E-state index contributed by atoms with van der Waals surface area (Å²) in [4.78, 5) is 12.4. The fraction of sp³-hybridized carbons (Fsp3) is 0.767. The maximum atomic E-state index is 13.9. The zero-order chi connectivity index (χ0) is 27.6. The summed E-state index contributed by atoms with van der Waals surface area (Å²) < 4.78 is 72.7. The molecule has 0 saturated heterocycles. The van der Waals surface area contributed by atoms with Crippen molar-refractivity contribution < 1.29 is 36.6 Å². The molecule has 0 spiro atoms. The van der Waals surface area contributed by atoms with Gasteiger partial charge in [-0.3, -0.25) is 4.79 Å². The first kappa shape index (κ1) is 27.9. The van der Waals surface area contributed by atoms with Gasteiger partial charge in [-0.25, -0.2) is 13.2 Å². The zero-order valence-electron chi connectivity index (χ0n) is 22.5. The van der Waals surface area contributed by atoms with E-state index in [4.69, 9.17) is 0 Å². The third kappa shape index (κ3) is 4.37. The molecule has 0 radical (unpaired) electrons. The van der Waals surface area contributed by atoms with E-state index in [0.29, 0.717) is 41.4 Å². The van der Waals surface area contributed by atoms with Crippen LogP contribution in [0.2, 0.25) is 0 Å². The Morgan fingerprint density at radius 2 is 1.47 bits per heavy atom. The van der Waals surface area contributed by atoms with Gasteiger partial charge in [-0.05, 0) is 111 Å². The minimum absolute atomic E-state index is 0.155. The normalized spacial score (nSPS) is 39.2. The van der Waals surface area contributed by atoms with Gasteiger partial charge < -0.3 is 9.84 Å². The lowest BCUT2D eigenvalue weighted by molar-refractivity contribution is -0.136. The van der Waals surface area contributed by atoms with Gasteiger partial charge >= 0.3 is 5.97 Å². The van der Waals surface area contributed by atoms with Gasteiger partial charge in [0.1, 0.15) is 0 Å². The smallest absolute Gasteiger partial charge is 0.311 e. The van der Waals surface area contributed by atoms with Crippen LogP contribution in [0, 0.1) is 75.4 Å². The van der Waals surface area contributed by atoms with Crippen LogP contribution in [0.15, 0.2) is 0 Å². The van der Waals surface area contributed by atoms with E-state index >= 15 is 0 Å². The molecule has 1 aromatic rings. The Kier molecular flexibility index (Phi) is 7.36. The molecule has 4 fully saturated rings. The molecule has 0 aliphatic heterocycles. The lowest BCUT2D eigenvalue weighted by Gasteiger charge is -2.61. The van der Waals surface area contributed by atoms with Gasteiger partial charge in [0.2, 0.25) is 34.8 Å². The number of aliphatic hydroxyl groups is 1. The van der Waals surface area contributed by atoms with Crippen LogP contribution in [0.4, 0.5) is 22.0 Å². The Bertz CT molecular complexity index is 1070. The summed E-state index contributed by atoms with van der Waals surface area (Å²) in [6.45, 7) is 6.96. The lowest BCUT2D eigenvalue weighted by atomic mass is 9.44. The van der Waals surface area contributed by atoms with Crippen LogP contribution >= 0.6 is 0 Å². The number of esters is 1. The number of rotatable bonds is 5. The molecule has 0 aromatic heterocycles. The number of aliphatic hydroxyl groups excluding tert-OH is 1. The maximum Gasteiger partial charge on any atom is 0.311 e. The number of carbonyl (C=O) groups is 1. The van der Waals surface area contributed by atoms with Crippen LogP contribution < -0.4 is 4.74 Å². The number of hydrogen-bond donors (Lipinski definition) is 1. The molecule has 212 valence electrons. The van der Waals surface area contributed by atoms with Crippen molar-refractivity contribution in [3.05, 3.63) is 29.1 Å². The zero-order valence-corrected chi connectivity index (χ0v) is 22.5. The summed E-state index contributed by atoms with van der Waals surface area (Å²) in [7, 11) is 0. The number of fused-ring (bicyclic) bond motifs is 5. The average molecular weight is 543 g/mol. The highest BCUT2D eigenvalue weighted by Gasteiger charge is 2.60. The molecular weight excluding hydrogens is 503 g/mol. The molecule has 8 heteroatoms. The van der Waals surface area contributed by atoms with Crippen molar-refractivity contribution in [2.24, 2.45) is 46.3 Å². The molecule has 3 nitrogen and oxygen atoms in total. The molecule has 38 heavy (non-hydrogen) atoms. The summed E-state index contributed by atoms with van der Waals surface area (Å²) in [5, 5.41) is 10.3. The van der Waals surface area contributed by atoms with E-state index in [1.165, 1.54) is 19.3 Å². The fourth-order valence-electron chi connectivity index (χ4n) is 9.60. The van der Waals surface area contributed by atoms with Gasteiger partial charge in [0.25, 0.3) is 0 Å². The molecule has 0 amide bonds. The van der Waals surface area contributed by atoms with Gasteiger partial charge in [0, 0.05) is 6.42 Å². The van der Waals surface area contributed by atoms with Crippen molar-refractivity contribution in [3.8, 4) is 5.75 Å². The van der Waals surface area contributed by atoms with Crippen LogP contribution in [0.1, 0.15) is 91.4 Å². The van der Waals surface area contributed by atoms with Gasteiger partial charge in [-0.2, -0.15) is 8.78 Å². The Morgan fingerprint density at radius 3 is 2.16 bits per heavy atom. The summed E-state index contributed by atoms with van der Waals surface area (Å²) in [5.74, 6) is -10.2. The second-order valence-corrected chi connectivity index (χ2v) is 13.2. The Hall–Kier alpha value is -1.70. The van der Waals surface area contributed by atoms with Crippen molar-refractivity contribution in [1.82, 2.24) is 0 Å². The minimum atomic E-state index is -2.28. The van der Waals surface area contributed by atoms with E-state index in [-0.39, 0.29) is 23.9 Å². The lowest BCUT2D eigenvalue weighted by Crippen LogP contribution is -2.54. The molecule has 0 bridgehead atoms. The Labute approximate surface area is 221 Å². The highest BCUT2D eigenvalue weighted by atomic mass is 19.2. The number of ether oxygens (including phenoxy) is 1. The van der Waals surface area contributed by atoms with Crippen LogP contribution in [0.25, 0.3) is 0 Å². The van der Waals surface area contributed by atoms with E-state index in [2.05, 4.69) is 25.5 Å². The van der Waals surface area contributed by atoms with E-state index in [0.717, 1.165) is 38.5 Å². The van der Waals surface area contributed by atoms with Crippen molar-refractivity contribution in [1.29, 1.82) is 0 Å². The van der Waals surface area contributed by atoms with Crippen molar-refractivity contribution in [2.75, 3.05) is 0 Å². The summed E-state index contributed by atoms with van der Waals surface area (Å²) in [6, 6.07) is 0. The van der Waals surface area contributed by atoms with Gasteiger partial charge in [0.05, 0.1) is 6.10 Å². The standard InChI is InChI=1S/C30H39F5O3/c1-15(4-9-22(37)38-28-26(34)24(32)23(31)25(33)27(28)35)19-7-8-20-18-6-5-16-14-17(36)10-12-29(16,2)21(18)11-13-30(19,20)3/h15-21,36H,4-14H2,1-3H3/t15-,16?,17?,18?,19-,20?,21?,29+,30-/m1/s1. The summed E-state index contributed by atoms with van der Waals surface area (Å²) >= 11 is 0. The maximum absolute atomic E-state index is 13.9. The molecule has 5 unspecified atom stereocenters. The molecule has 4 saturated carbocycles. The molecule has 1 aromatic carbocycles. The number of carbonyl (C=O) groups excluding carboxylic acids is 1. The first-order chi connectivity index (χ1) is 17.9. The van der Waals surface area contributed by atoms with Gasteiger partial charge in [0.15, 0.2) is 0 Å². The van der Waals surface area contributed by atoms with Crippen molar-refractivity contribution >= 4 is 5.97 Å². The highest BCUT2D eigenvalue weighted by Crippen LogP contribution is 2.68. The second-order valence-electron chi connectivity index (χ2n) is 13.2. The second kappa shape index (κ2) is 10.0. The summed E-state index contributed by atoms with van der Waals surface area (Å²) in [5.41, 5.74) is 0.462. The van der Waals surface area contributed by atoms with E-state index in [9.17, 15) is 31.9 Å². The first-order valence-electron chi connectivity index (χ1n) is 14.3. The van der Waals surface area contributed by atoms with Crippen LogP contribution in [0.3, 0.4) is 0 Å². The Morgan fingerprint density at radius 1 is 0.868 bits per heavy atom. The molecule has 5 rings (SSSR count). The van der Waals surface area contributed by atoms with E-state index < -0.39 is 40.8 Å². The van der Waals surface area contributed by atoms with Crippen molar-refractivity contribution in [2.45, 2.75) is 97.5 Å². The quantitative estimate of drug-likeness (QED) is 0.136. The van der Waals surface area contributed by atoms with Gasteiger partial charge in [-0.15, -0.1) is 0 Å². The molecule has 4 aliphatic carbocycles. The Balaban J connectivity index is 1.23. The molecule has 4 aliphatic rings. The number of benzene rings is 1. The van der Waals surface area contributed by atoms with Crippen LogP contribution in [0.5, 0.6) is 5.75 Å². The predicted molar refractivity (Wildman–Crippen MR) is 131 cm³/mol. The van der Waals surface area contributed by atoms with Crippen LogP contribution in [-0.2, 0) is 4.79 Å². The van der Waals surface area contributed by atoms with Crippen molar-refractivity contribution in [3.63, 3.8) is 0 Å². The molecule has 9 atom stereocenters. The summed E-state index contributed by atoms with van der Waals surface area (Å²) in [6.07, 6.45) is 9.99. The molecule has 0 heterocycles. The van der Waals surface area contributed by atoms with E-state index in [1.807, 2.05) is 0 Å². The van der Waals surface area contributed by atoms with Gasteiger partial charge in [-0.1, -0.05) is 20.8 Å². The van der Waals surface area contributed by atoms with E-state index in [1.54, 1.807) is 0 Å². The monoisotopic (exact) mass is 542 g/mol. The fourth-order valence-corrected chi connectivity index (χ4v) is 9.60. The third-order valence-electron chi connectivity index (χ3n) is 11.6. The first-order valence-corrected chi connectivity index (χ1v) is 14.3. The minimum Gasteiger partial charge on any atom is -0.420 e. The number of hydrogen-bond acceptors (Lipinski definition) is 3. The molecular formula is C30H39F5O3. The van der Waals surface area contributed by atoms with Crippen LogP contribution in [-0.4, -0.2) is 17.2 Å².